The Hall–Kier alpha value is 0.960. The largest absolute Gasteiger partial charge is 0.124 e. The minimum absolute atomic E-state index is 0.0633. The van der Waals surface area contributed by atoms with Gasteiger partial charge in [-0.05, 0) is 5.41 Å². The van der Waals surface area contributed by atoms with E-state index in [1.807, 2.05) is 0 Å². The summed E-state index contributed by atoms with van der Waals surface area (Å²) in [6.45, 7) is 0. The van der Waals surface area contributed by atoms with Crippen molar-refractivity contribution in [2.45, 2.75) is 4.71 Å². The van der Waals surface area contributed by atoms with Crippen molar-refractivity contribution in [3.63, 3.8) is 0 Å². The third-order valence-corrected chi connectivity index (χ3v) is 2.54. The predicted molar refractivity (Wildman–Crippen MR) is 42.9 cm³/mol. The highest BCUT2D eigenvalue weighted by molar-refractivity contribution is 8.03. The Balaban J connectivity index is 3.10. The lowest BCUT2D eigenvalue weighted by atomic mass is 10.9. The van der Waals surface area contributed by atoms with Crippen molar-refractivity contribution in [1.29, 1.82) is 0 Å². The maximum absolute atomic E-state index is 5.57. The van der Waals surface area contributed by atoms with Gasteiger partial charge in [0.05, 0.1) is 4.71 Å². The molecule has 0 aliphatic heterocycles. The summed E-state index contributed by atoms with van der Waals surface area (Å²) < 4.78 is -0.0633. The third-order valence-electron chi connectivity index (χ3n) is 0.399. The second kappa shape index (κ2) is 6.09. The summed E-state index contributed by atoms with van der Waals surface area (Å²) >= 11 is 17.5. The van der Waals surface area contributed by atoms with E-state index in [0.29, 0.717) is 5.88 Å². The van der Waals surface area contributed by atoms with Crippen LogP contribution in [0.2, 0.25) is 0 Å². The number of rotatable bonds is 3. The first-order valence-corrected chi connectivity index (χ1v) is 4.27. The molecule has 1 atom stereocenters. The molecule has 48 valence electrons. The van der Waals surface area contributed by atoms with E-state index in [4.69, 9.17) is 34.8 Å². The first kappa shape index (κ1) is 8.96. The number of alkyl halides is 2. The highest BCUT2D eigenvalue weighted by atomic mass is 35.5. The van der Waals surface area contributed by atoms with E-state index >= 15 is 0 Å². The Morgan fingerprint density at radius 2 is 2.25 bits per heavy atom. The van der Waals surface area contributed by atoms with Crippen molar-refractivity contribution in [2.75, 3.05) is 5.88 Å². The minimum Gasteiger partial charge on any atom is -0.124 e. The fourth-order valence-corrected chi connectivity index (χ4v) is 1.03. The van der Waals surface area contributed by atoms with Crippen molar-refractivity contribution in [3.05, 3.63) is 10.9 Å². The molecular weight excluding hydrogens is 186 g/mol. The second-order valence-corrected chi connectivity index (χ2v) is 3.42. The summed E-state index contributed by atoms with van der Waals surface area (Å²) in [5.74, 6) is 0.438. The fraction of sp³-hybridized carbons (Fsp3) is 0.500. The molecule has 0 spiro atoms. The standard InChI is InChI=1S/C4H5Cl3S/c5-1-2-8-4(7)3-6/h1-2,4H,3H2/b2-1+. The molecule has 0 aliphatic carbocycles. The highest BCUT2D eigenvalue weighted by Crippen LogP contribution is 2.17. The lowest BCUT2D eigenvalue weighted by molar-refractivity contribution is 1.42. The smallest absolute Gasteiger partial charge is 0.0965 e. The highest BCUT2D eigenvalue weighted by Gasteiger charge is 1.96. The minimum atomic E-state index is -0.0633. The van der Waals surface area contributed by atoms with Crippen LogP contribution in [0, 0.1) is 0 Å². The summed E-state index contributed by atoms with van der Waals surface area (Å²) in [7, 11) is 0. The molecule has 0 rings (SSSR count). The Bertz CT molecular complexity index is 73.7. The molecular formula is C4H5Cl3S. The van der Waals surface area contributed by atoms with Gasteiger partial charge in [0, 0.05) is 11.4 Å². The molecule has 4 heteroatoms. The molecule has 0 aromatic heterocycles. The van der Waals surface area contributed by atoms with Crippen molar-refractivity contribution in [3.8, 4) is 0 Å². The van der Waals surface area contributed by atoms with Crippen LogP contribution in [0.3, 0.4) is 0 Å². The molecule has 0 saturated carbocycles. The van der Waals surface area contributed by atoms with Gasteiger partial charge in [-0.1, -0.05) is 11.6 Å². The summed E-state index contributed by atoms with van der Waals surface area (Å²) in [5, 5.41) is 1.70. The first-order valence-electron chi connectivity index (χ1n) is 1.92. The van der Waals surface area contributed by atoms with Crippen molar-refractivity contribution < 1.29 is 0 Å². The quantitative estimate of drug-likeness (QED) is 0.617. The zero-order chi connectivity index (χ0) is 6.41. The van der Waals surface area contributed by atoms with Crippen LogP contribution in [-0.4, -0.2) is 10.6 Å². The van der Waals surface area contributed by atoms with Gasteiger partial charge in [0.25, 0.3) is 0 Å². The SMILES string of the molecule is Cl/C=C/SC(Cl)CCl. The molecule has 0 nitrogen and oxygen atoms in total. The van der Waals surface area contributed by atoms with Gasteiger partial charge in [0.15, 0.2) is 0 Å². The molecule has 0 fully saturated rings. The van der Waals surface area contributed by atoms with E-state index < -0.39 is 0 Å². The summed E-state index contributed by atoms with van der Waals surface area (Å²) in [6.07, 6.45) is 0. The second-order valence-electron chi connectivity index (χ2n) is 0.963. The first-order chi connectivity index (χ1) is 3.81. The Kier molecular flexibility index (Phi) is 6.82. The fourth-order valence-electron chi connectivity index (χ4n) is 0.151. The monoisotopic (exact) mass is 190 g/mol. The van der Waals surface area contributed by atoms with E-state index in [2.05, 4.69) is 0 Å². The van der Waals surface area contributed by atoms with E-state index in [0.717, 1.165) is 0 Å². The molecule has 0 bridgehead atoms. The number of hydrogen-bond donors (Lipinski definition) is 0. The number of thioether (sulfide) groups is 1. The van der Waals surface area contributed by atoms with Gasteiger partial charge >= 0.3 is 0 Å². The molecule has 0 radical (unpaired) electrons. The molecule has 0 aromatic rings. The van der Waals surface area contributed by atoms with Crippen LogP contribution in [-0.2, 0) is 0 Å². The van der Waals surface area contributed by atoms with E-state index in [9.17, 15) is 0 Å². The van der Waals surface area contributed by atoms with Gasteiger partial charge in [-0.3, -0.25) is 0 Å². The third kappa shape index (κ3) is 5.10. The lowest BCUT2D eigenvalue weighted by Gasteiger charge is -1.95. The molecule has 0 saturated heterocycles. The number of hydrogen-bond acceptors (Lipinski definition) is 1. The van der Waals surface area contributed by atoms with Crippen LogP contribution in [0.1, 0.15) is 0 Å². The normalized spacial score (nSPS) is 14.9. The van der Waals surface area contributed by atoms with E-state index in [1.165, 1.54) is 17.3 Å². The molecule has 1 unspecified atom stereocenters. The van der Waals surface area contributed by atoms with Crippen molar-refractivity contribution in [2.24, 2.45) is 0 Å². The molecule has 8 heavy (non-hydrogen) atoms. The van der Waals surface area contributed by atoms with Crippen molar-refractivity contribution in [1.82, 2.24) is 0 Å². The van der Waals surface area contributed by atoms with Gasteiger partial charge in [0.2, 0.25) is 0 Å². The molecule has 0 aliphatic rings. The average Bonchev–Trinajstić information content (AvgIpc) is 1.83. The van der Waals surface area contributed by atoms with Crippen molar-refractivity contribution >= 4 is 46.6 Å². The lowest BCUT2D eigenvalue weighted by Crippen LogP contribution is -1.88. The average molecular weight is 192 g/mol. The van der Waals surface area contributed by atoms with Gasteiger partial charge in [0.1, 0.15) is 0 Å². The molecule has 0 N–H and O–H groups in total. The van der Waals surface area contributed by atoms with Crippen LogP contribution in [0.4, 0.5) is 0 Å². The van der Waals surface area contributed by atoms with Crippen LogP contribution < -0.4 is 0 Å². The Morgan fingerprint density at radius 1 is 1.62 bits per heavy atom. The van der Waals surface area contributed by atoms with Crippen LogP contribution in [0.25, 0.3) is 0 Å². The van der Waals surface area contributed by atoms with Crippen LogP contribution >= 0.6 is 46.6 Å². The summed E-state index contributed by atoms with van der Waals surface area (Å²) in [4.78, 5) is 0. The van der Waals surface area contributed by atoms with Crippen LogP contribution in [0.15, 0.2) is 10.9 Å². The topological polar surface area (TPSA) is 0 Å². The molecule has 0 amide bonds. The predicted octanol–water partition coefficient (Wildman–Crippen LogP) is 3.23. The summed E-state index contributed by atoms with van der Waals surface area (Å²) in [6, 6.07) is 0. The van der Waals surface area contributed by atoms with Gasteiger partial charge < -0.3 is 0 Å². The number of halogens is 3. The zero-order valence-electron chi connectivity index (χ0n) is 3.98. The van der Waals surface area contributed by atoms with Gasteiger partial charge in [-0.25, -0.2) is 0 Å². The van der Waals surface area contributed by atoms with Gasteiger partial charge in [-0.2, -0.15) is 0 Å². The Labute approximate surface area is 68.2 Å². The zero-order valence-corrected chi connectivity index (χ0v) is 7.07. The maximum Gasteiger partial charge on any atom is 0.0965 e. The van der Waals surface area contributed by atoms with E-state index in [1.54, 1.807) is 5.41 Å². The Morgan fingerprint density at radius 3 is 2.62 bits per heavy atom. The van der Waals surface area contributed by atoms with Crippen LogP contribution in [0.5, 0.6) is 0 Å². The summed E-state index contributed by atoms with van der Waals surface area (Å²) in [5.41, 5.74) is 1.41. The van der Waals surface area contributed by atoms with E-state index in [-0.39, 0.29) is 4.71 Å². The maximum atomic E-state index is 5.57. The van der Waals surface area contributed by atoms with Gasteiger partial charge in [-0.15, -0.1) is 35.0 Å². The molecule has 0 aromatic carbocycles. The molecule has 0 heterocycles.